The molecular weight excluding hydrogens is 310 g/mol. The summed E-state index contributed by atoms with van der Waals surface area (Å²) in [5, 5.41) is 4.15. The molecule has 1 N–H and O–H groups in total. The number of hydrogen-bond donors (Lipinski definition) is 1. The summed E-state index contributed by atoms with van der Waals surface area (Å²) in [6.07, 6.45) is 4.70. The summed E-state index contributed by atoms with van der Waals surface area (Å²) in [5.41, 5.74) is 0.709. The first-order valence-corrected chi connectivity index (χ1v) is 8.08. The van der Waals surface area contributed by atoms with Crippen molar-refractivity contribution in [2.75, 3.05) is 7.05 Å². The lowest BCUT2D eigenvalue weighted by molar-refractivity contribution is -0.0508. The number of benzene rings is 1. The summed E-state index contributed by atoms with van der Waals surface area (Å²) in [6, 6.07) is 6.48. The Morgan fingerprint density at radius 1 is 1.32 bits per heavy atom. The van der Waals surface area contributed by atoms with Crippen molar-refractivity contribution in [2.24, 2.45) is 0 Å². The van der Waals surface area contributed by atoms with E-state index >= 15 is 0 Å². The van der Waals surface area contributed by atoms with Gasteiger partial charge in [0, 0.05) is 35.3 Å². The summed E-state index contributed by atoms with van der Waals surface area (Å²) < 4.78 is 29.7. The predicted octanol–water partition coefficient (Wildman–Crippen LogP) is 3.66. The van der Waals surface area contributed by atoms with E-state index in [0.29, 0.717) is 35.3 Å². The van der Waals surface area contributed by atoms with Crippen LogP contribution in [0.25, 0.3) is 0 Å². The third kappa shape index (κ3) is 3.70. The zero-order chi connectivity index (χ0) is 15.7. The topological polar surface area (TPSA) is 24.5 Å². The van der Waals surface area contributed by atoms with E-state index in [1.54, 1.807) is 12.1 Å². The average Bonchev–Trinajstić information content (AvgIpc) is 2.80. The molecule has 0 aromatic heterocycles. The van der Waals surface area contributed by atoms with Gasteiger partial charge < -0.3 is 10.1 Å². The van der Waals surface area contributed by atoms with Gasteiger partial charge in [0.15, 0.2) is 0 Å². The van der Waals surface area contributed by atoms with Crippen molar-refractivity contribution >= 4 is 11.6 Å². The van der Waals surface area contributed by atoms with Gasteiger partial charge in [-0.3, -0.25) is 4.90 Å². The Kier molecular flexibility index (Phi) is 4.85. The Morgan fingerprint density at radius 3 is 2.64 bits per heavy atom. The molecule has 2 unspecified atom stereocenters. The van der Waals surface area contributed by atoms with E-state index in [4.69, 9.17) is 11.6 Å². The average molecular weight is 331 g/mol. The van der Waals surface area contributed by atoms with E-state index in [1.807, 2.05) is 7.05 Å². The maximum Gasteiger partial charge on any atom is 0.387 e. The summed E-state index contributed by atoms with van der Waals surface area (Å²) in [6.45, 7) is -2.26. The van der Waals surface area contributed by atoms with E-state index in [9.17, 15) is 8.78 Å². The van der Waals surface area contributed by atoms with Crippen LogP contribution in [-0.4, -0.2) is 36.7 Å². The van der Waals surface area contributed by atoms with Crippen LogP contribution in [0.15, 0.2) is 18.2 Å². The van der Waals surface area contributed by atoms with Crippen molar-refractivity contribution in [3.05, 3.63) is 28.8 Å². The normalized spacial score (nSPS) is 27.6. The first kappa shape index (κ1) is 16.0. The molecule has 0 saturated carbocycles. The van der Waals surface area contributed by atoms with Crippen LogP contribution in [0.5, 0.6) is 5.75 Å². The van der Waals surface area contributed by atoms with Crippen LogP contribution >= 0.6 is 11.6 Å². The molecule has 2 fully saturated rings. The monoisotopic (exact) mass is 330 g/mol. The minimum Gasteiger partial charge on any atom is -0.434 e. The van der Waals surface area contributed by atoms with Gasteiger partial charge in [0.25, 0.3) is 0 Å². The molecule has 2 aliphatic heterocycles. The molecule has 3 rings (SSSR count). The fourth-order valence-corrected chi connectivity index (χ4v) is 3.86. The van der Waals surface area contributed by atoms with Gasteiger partial charge in [0.2, 0.25) is 0 Å². The van der Waals surface area contributed by atoms with Gasteiger partial charge in [-0.25, -0.2) is 0 Å². The van der Waals surface area contributed by atoms with Crippen LogP contribution in [0.1, 0.15) is 31.2 Å². The fourth-order valence-electron chi connectivity index (χ4n) is 3.67. The number of piperidine rings is 1. The Balaban J connectivity index is 1.70. The van der Waals surface area contributed by atoms with Crippen molar-refractivity contribution in [2.45, 2.75) is 57.0 Å². The van der Waals surface area contributed by atoms with Crippen LogP contribution in [0.2, 0.25) is 5.02 Å². The molecule has 1 aromatic carbocycles. The van der Waals surface area contributed by atoms with Gasteiger partial charge in [-0.05, 0) is 50.9 Å². The molecule has 2 aliphatic rings. The van der Waals surface area contributed by atoms with Crippen molar-refractivity contribution in [3.8, 4) is 5.75 Å². The molecule has 2 atom stereocenters. The second-order valence-corrected chi connectivity index (χ2v) is 6.75. The number of rotatable bonds is 5. The standard InChI is InChI=1S/C16H21ClF2N2O/c1-21(14-7-12-3-4-13(8-14)20-12)9-10-6-11(17)2-5-15(10)22-16(18)19/h2,5-6,12-14,16,20H,3-4,7-9H2,1H3. The Morgan fingerprint density at radius 2 is 2.00 bits per heavy atom. The van der Waals surface area contributed by atoms with Crippen molar-refractivity contribution in [1.29, 1.82) is 0 Å². The number of alkyl halides is 2. The van der Waals surface area contributed by atoms with E-state index in [0.717, 1.165) is 12.8 Å². The van der Waals surface area contributed by atoms with E-state index in [2.05, 4.69) is 15.0 Å². The summed E-state index contributed by atoms with van der Waals surface area (Å²) in [7, 11) is 2.04. The Labute approximate surface area is 134 Å². The molecule has 2 heterocycles. The Hall–Kier alpha value is -0.910. The second-order valence-electron chi connectivity index (χ2n) is 6.31. The summed E-state index contributed by atoms with van der Waals surface area (Å²) >= 11 is 6.01. The summed E-state index contributed by atoms with van der Waals surface area (Å²) in [5.74, 6) is 0.211. The molecule has 2 bridgehead atoms. The molecule has 3 nitrogen and oxygen atoms in total. The number of ether oxygens (including phenoxy) is 1. The smallest absolute Gasteiger partial charge is 0.387 e. The van der Waals surface area contributed by atoms with Gasteiger partial charge in [-0.2, -0.15) is 8.78 Å². The SMILES string of the molecule is CN(Cc1cc(Cl)ccc1OC(F)F)C1CC2CCC(C1)N2. The molecule has 1 aromatic rings. The zero-order valence-corrected chi connectivity index (χ0v) is 13.3. The number of nitrogens with zero attached hydrogens (tertiary/aromatic N) is 1. The quantitative estimate of drug-likeness (QED) is 0.891. The van der Waals surface area contributed by atoms with Crippen LogP contribution in [0, 0.1) is 0 Å². The number of halogens is 3. The first-order chi connectivity index (χ1) is 10.5. The molecule has 22 heavy (non-hydrogen) atoms. The number of nitrogens with one attached hydrogen (secondary N) is 1. The third-order valence-corrected chi connectivity index (χ3v) is 4.96. The highest BCUT2D eigenvalue weighted by molar-refractivity contribution is 6.30. The van der Waals surface area contributed by atoms with E-state index in [1.165, 1.54) is 18.9 Å². The van der Waals surface area contributed by atoms with Crippen molar-refractivity contribution < 1.29 is 13.5 Å². The zero-order valence-electron chi connectivity index (χ0n) is 12.6. The minimum atomic E-state index is -2.82. The molecular formula is C16H21ClF2N2O. The molecule has 0 radical (unpaired) electrons. The van der Waals surface area contributed by atoms with Gasteiger partial charge >= 0.3 is 6.61 Å². The third-order valence-electron chi connectivity index (χ3n) is 4.73. The maximum atomic E-state index is 12.5. The fraction of sp³-hybridized carbons (Fsp3) is 0.625. The van der Waals surface area contributed by atoms with Crippen molar-refractivity contribution in [3.63, 3.8) is 0 Å². The lowest BCUT2D eigenvalue weighted by atomic mass is 9.98. The second kappa shape index (κ2) is 6.69. The number of hydrogen-bond acceptors (Lipinski definition) is 3. The maximum absolute atomic E-state index is 12.5. The van der Waals surface area contributed by atoms with Gasteiger partial charge in [-0.15, -0.1) is 0 Å². The predicted molar refractivity (Wildman–Crippen MR) is 82.5 cm³/mol. The first-order valence-electron chi connectivity index (χ1n) is 7.71. The lowest BCUT2D eigenvalue weighted by Gasteiger charge is -2.35. The van der Waals surface area contributed by atoms with E-state index < -0.39 is 6.61 Å². The van der Waals surface area contributed by atoms with Crippen LogP contribution in [-0.2, 0) is 6.54 Å². The highest BCUT2D eigenvalue weighted by atomic mass is 35.5. The van der Waals surface area contributed by atoms with Crippen LogP contribution in [0.4, 0.5) is 8.78 Å². The Bertz CT molecular complexity index is 517. The lowest BCUT2D eigenvalue weighted by Crippen LogP contribution is -2.46. The molecule has 122 valence electrons. The van der Waals surface area contributed by atoms with E-state index in [-0.39, 0.29) is 5.75 Å². The van der Waals surface area contributed by atoms with Gasteiger partial charge in [0.05, 0.1) is 0 Å². The molecule has 2 saturated heterocycles. The van der Waals surface area contributed by atoms with Gasteiger partial charge in [0.1, 0.15) is 5.75 Å². The molecule has 0 spiro atoms. The van der Waals surface area contributed by atoms with Crippen LogP contribution in [0.3, 0.4) is 0 Å². The molecule has 0 amide bonds. The highest BCUT2D eigenvalue weighted by Gasteiger charge is 2.35. The largest absolute Gasteiger partial charge is 0.434 e. The minimum absolute atomic E-state index is 0.211. The highest BCUT2D eigenvalue weighted by Crippen LogP contribution is 2.31. The molecule has 0 aliphatic carbocycles. The van der Waals surface area contributed by atoms with Crippen LogP contribution < -0.4 is 10.1 Å². The van der Waals surface area contributed by atoms with Gasteiger partial charge in [-0.1, -0.05) is 11.6 Å². The number of fused-ring (bicyclic) bond motifs is 2. The molecule has 6 heteroatoms. The summed E-state index contributed by atoms with van der Waals surface area (Å²) in [4.78, 5) is 2.23. The van der Waals surface area contributed by atoms with Crippen molar-refractivity contribution in [1.82, 2.24) is 10.2 Å².